The molecule has 41 heavy (non-hydrogen) atoms. The van der Waals surface area contributed by atoms with Crippen LogP contribution in [-0.2, 0) is 22.6 Å². The van der Waals surface area contributed by atoms with Crippen LogP contribution in [0, 0.1) is 0 Å². The van der Waals surface area contributed by atoms with Gasteiger partial charge in [0.15, 0.2) is 0 Å². The van der Waals surface area contributed by atoms with Crippen molar-refractivity contribution in [3.8, 4) is 0 Å². The van der Waals surface area contributed by atoms with Crippen LogP contribution in [-0.4, -0.2) is 66.0 Å². The van der Waals surface area contributed by atoms with Gasteiger partial charge in [-0.2, -0.15) is 0 Å². The van der Waals surface area contributed by atoms with Gasteiger partial charge in [0.1, 0.15) is 12.1 Å². The van der Waals surface area contributed by atoms with Gasteiger partial charge in [0.2, 0.25) is 5.91 Å². The second kappa shape index (κ2) is 12.8. The van der Waals surface area contributed by atoms with Gasteiger partial charge >= 0.3 is 6.03 Å². The van der Waals surface area contributed by atoms with E-state index in [0.29, 0.717) is 62.2 Å². The number of para-hydroxylation sites is 1. The van der Waals surface area contributed by atoms with Gasteiger partial charge < -0.3 is 25.3 Å². The zero-order valence-corrected chi connectivity index (χ0v) is 24.2. The van der Waals surface area contributed by atoms with Crippen LogP contribution in [0.15, 0.2) is 78.9 Å². The Labute approximate surface area is 250 Å². The maximum Gasteiger partial charge on any atom is 0.317 e. The van der Waals surface area contributed by atoms with Crippen LogP contribution in [0.3, 0.4) is 0 Å². The Morgan fingerprint density at radius 1 is 0.878 bits per heavy atom. The molecule has 2 N–H and O–H groups in total. The first-order chi connectivity index (χ1) is 19.9. The van der Waals surface area contributed by atoms with Crippen molar-refractivity contribution in [1.29, 1.82) is 0 Å². The fraction of sp³-hybridized carbons (Fsp3) is 0.323. The molecule has 4 amide bonds. The third-order valence-electron chi connectivity index (χ3n) is 7.81. The van der Waals surface area contributed by atoms with Crippen LogP contribution in [0.5, 0.6) is 0 Å². The molecule has 2 heterocycles. The average Bonchev–Trinajstić information content (AvgIpc) is 3.24. The summed E-state index contributed by atoms with van der Waals surface area (Å²) in [7, 11) is 0. The third kappa shape index (κ3) is 6.60. The van der Waals surface area contributed by atoms with Crippen LogP contribution in [0.25, 0.3) is 0 Å². The minimum Gasteiger partial charge on any atom is -0.354 e. The first-order valence-electron chi connectivity index (χ1n) is 13.8. The number of urea groups is 1. The lowest BCUT2D eigenvalue weighted by Crippen LogP contribution is -2.58. The molecule has 5 rings (SSSR count). The van der Waals surface area contributed by atoms with Crippen LogP contribution in [0.4, 0.5) is 10.5 Å². The highest BCUT2D eigenvalue weighted by molar-refractivity contribution is 6.35. The molecule has 2 saturated heterocycles. The second-order valence-corrected chi connectivity index (χ2v) is 11.3. The van der Waals surface area contributed by atoms with Crippen molar-refractivity contribution in [1.82, 2.24) is 20.4 Å². The van der Waals surface area contributed by atoms with Gasteiger partial charge in [-0.25, -0.2) is 4.79 Å². The number of rotatable bonds is 8. The molecule has 3 aromatic carbocycles. The van der Waals surface area contributed by atoms with Crippen molar-refractivity contribution in [2.45, 2.75) is 31.3 Å². The SMILES string of the molecule is O=C(CN1CN(c2ccccc2)C2(CCN(C(=O)NCc3ccccc3)CC2)C1=O)NCCc1ccc(Cl)cc1Cl. The molecule has 10 heteroatoms. The zero-order valence-electron chi connectivity index (χ0n) is 22.7. The van der Waals surface area contributed by atoms with Crippen LogP contribution >= 0.6 is 23.2 Å². The van der Waals surface area contributed by atoms with Gasteiger partial charge in [-0.15, -0.1) is 0 Å². The Bertz CT molecular complexity index is 1380. The molecular weight excluding hydrogens is 561 g/mol. The number of halogens is 2. The molecule has 2 aliphatic rings. The quantitative estimate of drug-likeness (QED) is 0.396. The van der Waals surface area contributed by atoms with E-state index in [4.69, 9.17) is 23.2 Å². The summed E-state index contributed by atoms with van der Waals surface area (Å²) in [4.78, 5) is 45.2. The Morgan fingerprint density at radius 3 is 2.24 bits per heavy atom. The molecule has 3 aromatic rings. The molecule has 0 aliphatic carbocycles. The molecule has 0 atom stereocenters. The van der Waals surface area contributed by atoms with Gasteiger partial charge in [-0.05, 0) is 54.7 Å². The van der Waals surface area contributed by atoms with Crippen molar-refractivity contribution in [3.05, 3.63) is 100 Å². The minimum absolute atomic E-state index is 0.0421. The molecule has 0 unspecified atom stereocenters. The summed E-state index contributed by atoms with van der Waals surface area (Å²) in [5, 5.41) is 7.01. The number of nitrogens with one attached hydrogen (secondary N) is 2. The number of hydrogen-bond acceptors (Lipinski definition) is 4. The van der Waals surface area contributed by atoms with Crippen molar-refractivity contribution in [2.75, 3.05) is 37.7 Å². The smallest absolute Gasteiger partial charge is 0.317 e. The first-order valence-corrected chi connectivity index (χ1v) is 14.5. The summed E-state index contributed by atoms with van der Waals surface area (Å²) in [5.74, 6) is -0.312. The molecule has 1 spiro atoms. The minimum atomic E-state index is -0.811. The van der Waals surface area contributed by atoms with Gasteiger partial charge in [0.05, 0.1) is 6.67 Å². The monoisotopic (exact) mass is 593 g/mol. The van der Waals surface area contributed by atoms with Crippen molar-refractivity contribution >= 4 is 46.7 Å². The number of carbonyl (C=O) groups is 3. The van der Waals surface area contributed by atoms with E-state index < -0.39 is 5.54 Å². The largest absolute Gasteiger partial charge is 0.354 e. The number of anilines is 1. The zero-order chi connectivity index (χ0) is 28.8. The van der Waals surface area contributed by atoms with Crippen LogP contribution < -0.4 is 15.5 Å². The summed E-state index contributed by atoms with van der Waals surface area (Å²) in [5.41, 5.74) is 2.03. The second-order valence-electron chi connectivity index (χ2n) is 10.4. The molecule has 8 nitrogen and oxygen atoms in total. The van der Waals surface area contributed by atoms with Gasteiger partial charge in [-0.3, -0.25) is 9.59 Å². The molecular formula is C31H33Cl2N5O3. The fourth-order valence-corrected chi connectivity index (χ4v) is 6.08. The van der Waals surface area contributed by atoms with Gasteiger partial charge in [0.25, 0.3) is 5.91 Å². The van der Waals surface area contributed by atoms with E-state index in [-0.39, 0.29) is 24.4 Å². The summed E-state index contributed by atoms with van der Waals surface area (Å²) in [6, 6.07) is 24.7. The lowest BCUT2D eigenvalue weighted by atomic mass is 9.85. The predicted octanol–water partition coefficient (Wildman–Crippen LogP) is 4.70. The molecule has 0 saturated carbocycles. The summed E-state index contributed by atoms with van der Waals surface area (Å²) in [6.07, 6.45) is 1.51. The first kappa shape index (κ1) is 28.8. The van der Waals surface area contributed by atoms with Crippen molar-refractivity contribution < 1.29 is 14.4 Å². The Morgan fingerprint density at radius 2 is 1.56 bits per heavy atom. The standard InChI is InChI=1S/C31H33Cl2N5O3/c32-25-12-11-24(27(33)19-25)13-16-34-28(39)21-37-22-38(26-9-5-2-6-10-26)31(29(37)40)14-17-36(18-15-31)30(41)35-20-23-7-3-1-4-8-23/h1-12,19H,13-18,20-22H2,(H,34,39)(H,35,41). The highest BCUT2D eigenvalue weighted by atomic mass is 35.5. The lowest BCUT2D eigenvalue weighted by molar-refractivity contribution is -0.137. The maximum absolute atomic E-state index is 13.9. The fourth-order valence-electron chi connectivity index (χ4n) is 5.58. The predicted molar refractivity (Wildman–Crippen MR) is 161 cm³/mol. The highest BCUT2D eigenvalue weighted by Gasteiger charge is 2.54. The number of piperidine rings is 1. The Hall–Kier alpha value is -3.75. The molecule has 2 fully saturated rings. The lowest BCUT2D eigenvalue weighted by Gasteiger charge is -2.43. The Balaban J connectivity index is 1.21. The Kier molecular flexibility index (Phi) is 9.00. The molecule has 0 aromatic heterocycles. The molecule has 214 valence electrons. The van der Waals surface area contributed by atoms with Gasteiger partial charge in [0, 0.05) is 41.9 Å². The van der Waals surface area contributed by atoms with E-state index in [2.05, 4.69) is 15.5 Å². The third-order valence-corrected chi connectivity index (χ3v) is 8.40. The number of nitrogens with zero attached hydrogens (tertiary/aromatic N) is 3. The molecule has 2 aliphatic heterocycles. The topological polar surface area (TPSA) is 85.0 Å². The summed E-state index contributed by atoms with van der Waals surface area (Å²) >= 11 is 12.2. The number of carbonyl (C=O) groups excluding carboxylic acids is 3. The molecule has 0 bridgehead atoms. The average molecular weight is 595 g/mol. The number of likely N-dealkylation sites (tertiary alicyclic amines) is 1. The van der Waals surface area contributed by atoms with E-state index in [1.54, 1.807) is 21.9 Å². The number of amides is 4. The van der Waals surface area contributed by atoms with E-state index in [0.717, 1.165) is 16.8 Å². The van der Waals surface area contributed by atoms with Crippen LogP contribution in [0.2, 0.25) is 10.0 Å². The van der Waals surface area contributed by atoms with Crippen LogP contribution in [0.1, 0.15) is 24.0 Å². The summed E-state index contributed by atoms with van der Waals surface area (Å²) in [6.45, 7) is 1.99. The van der Waals surface area contributed by atoms with E-state index in [1.165, 1.54) is 0 Å². The summed E-state index contributed by atoms with van der Waals surface area (Å²) < 4.78 is 0. The van der Waals surface area contributed by atoms with Crippen molar-refractivity contribution in [3.63, 3.8) is 0 Å². The van der Waals surface area contributed by atoms with E-state index in [1.807, 2.05) is 66.7 Å². The van der Waals surface area contributed by atoms with E-state index in [9.17, 15) is 14.4 Å². The van der Waals surface area contributed by atoms with E-state index >= 15 is 0 Å². The van der Waals surface area contributed by atoms with Crippen molar-refractivity contribution in [2.24, 2.45) is 0 Å². The van der Waals surface area contributed by atoms with Gasteiger partial charge in [-0.1, -0.05) is 77.8 Å². The molecule has 0 radical (unpaired) electrons. The maximum atomic E-state index is 13.9. The normalized spacial score (nSPS) is 16.2. The number of benzene rings is 3. The highest BCUT2D eigenvalue weighted by Crippen LogP contribution is 2.39. The number of hydrogen-bond donors (Lipinski definition) is 2.